The van der Waals surface area contributed by atoms with E-state index >= 15 is 0 Å². The van der Waals surface area contributed by atoms with Gasteiger partial charge in [-0.05, 0) is 73.4 Å². The predicted octanol–water partition coefficient (Wildman–Crippen LogP) is 3.39. The second-order valence-corrected chi connectivity index (χ2v) is 11.1. The van der Waals surface area contributed by atoms with Crippen LogP contribution in [0.4, 0.5) is 5.69 Å². The lowest BCUT2D eigenvalue weighted by molar-refractivity contribution is -0.124. The summed E-state index contributed by atoms with van der Waals surface area (Å²) in [4.78, 5) is 24.4. The Morgan fingerprint density at radius 1 is 1.11 bits per heavy atom. The van der Waals surface area contributed by atoms with Crippen LogP contribution in [0, 0.1) is 6.92 Å². The third kappa shape index (κ3) is 8.53. The number of hydrogen-bond acceptors (Lipinski definition) is 6. The smallest absolute Gasteiger partial charge is 0.260 e. The Kier molecular flexibility index (Phi) is 9.72. The van der Waals surface area contributed by atoms with E-state index in [0.717, 1.165) is 36.2 Å². The molecule has 1 aliphatic rings. The third-order valence-corrected chi connectivity index (χ3v) is 7.10. The molecule has 0 radical (unpaired) electrons. The molecule has 3 rings (SSSR count). The van der Waals surface area contributed by atoms with E-state index in [2.05, 4.69) is 15.8 Å². The molecule has 194 valence electrons. The summed E-state index contributed by atoms with van der Waals surface area (Å²) in [6, 6.07) is 11.8. The van der Waals surface area contributed by atoms with Gasteiger partial charge in [-0.15, -0.1) is 0 Å². The van der Waals surface area contributed by atoms with Crippen molar-refractivity contribution in [3.63, 3.8) is 0 Å². The number of hydrazone groups is 1. The van der Waals surface area contributed by atoms with Crippen LogP contribution in [0.15, 0.2) is 47.6 Å². The van der Waals surface area contributed by atoms with Gasteiger partial charge >= 0.3 is 0 Å². The van der Waals surface area contributed by atoms with Crippen LogP contribution < -0.4 is 19.8 Å². The number of carbonyl (C=O) groups excluding carboxylic acids is 2. The number of ether oxygens (including phenoxy) is 1. The molecule has 1 fully saturated rings. The van der Waals surface area contributed by atoms with E-state index in [1.807, 2.05) is 0 Å². The van der Waals surface area contributed by atoms with Gasteiger partial charge in [0.15, 0.2) is 6.61 Å². The van der Waals surface area contributed by atoms with E-state index in [0.29, 0.717) is 27.6 Å². The molecule has 2 aromatic carbocycles. The Morgan fingerprint density at radius 3 is 2.44 bits per heavy atom. The zero-order chi connectivity index (χ0) is 26.1. The van der Waals surface area contributed by atoms with Crippen LogP contribution in [0.3, 0.4) is 0 Å². The van der Waals surface area contributed by atoms with Crippen LogP contribution in [0.25, 0.3) is 0 Å². The number of nitrogens with one attached hydrogen (secondary N) is 2. The first-order valence-corrected chi connectivity index (χ1v) is 13.9. The molecule has 0 aliphatic heterocycles. The van der Waals surface area contributed by atoms with Crippen LogP contribution >= 0.6 is 11.6 Å². The summed E-state index contributed by atoms with van der Waals surface area (Å²) >= 11 is 5.95. The fraction of sp³-hybridized carbons (Fsp3) is 0.400. The van der Waals surface area contributed by atoms with Crippen molar-refractivity contribution in [3.8, 4) is 5.75 Å². The van der Waals surface area contributed by atoms with E-state index < -0.39 is 22.5 Å². The summed E-state index contributed by atoms with van der Waals surface area (Å²) < 4.78 is 31.1. The molecule has 9 nitrogen and oxygen atoms in total. The largest absolute Gasteiger partial charge is 0.484 e. The van der Waals surface area contributed by atoms with Crippen molar-refractivity contribution >= 4 is 45.3 Å². The topological polar surface area (TPSA) is 117 Å². The molecule has 0 saturated heterocycles. The Balaban J connectivity index is 1.49. The van der Waals surface area contributed by atoms with E-state index in [4.69, 9.17) is 16.3 Å². The van der Waals surface area contributed by atoms with Crippen LogP contribution in [0.1, 0.15) is 43.2 Å². The normalized spacial score (nSPS) is 14.4. The van der Waals surface area contributed by atoms with Crippen molar-refractivity contribution in [2.75, 3.05) is 23.7 Å². The number of amides is 2. The first-order valence-electron chi connectivity index (χ1n) is 11.7. The van der Waals surface area contributed by atoms with Gasteiger partial charge in [0.2, 0.25) is 10.0 Å². The molecular weight excluding hydrogens is 504 g/mol. The van der Waals surface area contributed by atoms with Gasteiger partial charge in [-0.1, -0.05) is 30.9 Å². The monoisotopic (exact) mass is 534 g/mol. The molecule has 0 heterocycles. The van der Waals surface area contributed by atoms with E-state index in [9.17, 15) is 18.0 Å². The lowest BCUT2D eigenvalue weighted by Gasteiger charge is -2.23. The van der Waals surface area contributed by atoms with Crippen molar-refractivity contribution in [1.29, 1.82) is 0 Å². The highest BCUT2D eigenvalue weighted by Crippen LogP contribution is 2.25. The second-order valence-electron chi connectivity index (χ2n) is 8.75. The summed E-state index contributed by atoms with van der Waals surface area (Å²) in [6.45, 7) is 1.23. The molecule has 2 amide bonds. The van der Waals surface area contributed by atoms with Crippen LogP contribution in [-0.2, 0) is 19.6 Å². The third-order valence-electron chi connectivity index (χ3n) is 5.74. The fourth-order valence-corrected chi connectivity index (χ4v) is 5.08. The molecule has 0 bridgehead atoms. The lowest BCUT2D eigenvalue weighted by atomic mass is 9.95. The van der Waals surface area contributed by atoms with Crippen molar-refractivity contribution in [1.82, 2.24) is 10.7 Å². The zero-order valence-corrected chi connectivity index (χ0v) is 21.9. The van der Waals surface area contributed by atoms with Crippen LogP contribution in [-0.4, -0.2) is 51.9 Å². The number of carbonyl (C=O) groups is 2. The molecular formula is C25H31ClN4O5S. The van der Waals surface area contributed by atoms with Gasteiger partial charge in [0, 0.05) is 11.1 Å². The molecule has 0 unspecified atom stereocenters. The summed E-state index contributed by atoms with van der Waals surface area (Å²) in [5, 5.41) is 7.38. The van der Waals surface area contributed by atoms with Crippen molar-refractivity contribution < 1.29 is 22.7 Å². The van der Waals surface area contributed by atoms with E-state index in [1.54, 1.807) is 49.4 Å². The first kappa shape index (κ1) is 27.5. The number of hydrogen-bond donors (Lipinski definition) is 2. The van der Waals surface area contributed by atoms with Crippen molar-refractivity contribution in [3.05, 3.63) is 58.6 Å². The summed E-state index contributed by atoms with van der Waals surface area (Å²) in [6.07, 6.45) is 8.01. The standard InChI is InChI=1S/C25H31ClN4O5S/c1-18-14-20(26)10-13-23(18)30(36(2,33)34)16-24(31)29-27-15-19-8-11-22(12-9-19)35-17-25(32)28-21-6-4-3-5-7-21/h8-15,21H,3-7,16-17H2,1-2H3,(H,28,32)(H,29,31)/b27-15-. The minimum absolute atomic E-state index is 0.0517. The van der Waals surface area contributed by atoms with Gasteiger partial charge < -0.3 is 10.1 Å². The highest BCUT2D eigenvalue weighted by Gasteiger charge is 2.22. The van der Waals surface area contributed by atoms with E-state index in [-0.39, 0.29) is 18.6 Å². The number of rotatable bonds is 10. The number of sulfonamides is 1. The average molecular weight is 535 g/mol. The Labute approximate surface area is 216 Å². The molecule has 1 saturated carbocycles. The average Bonchev–Trinajstić information content (AvgIpc) is 2.82. The molecule has 36 heavy (non-hydrogen) atoms. The molecule has 0 aromatic heterocycles. The fourth-order valence-electron chi connectivity index (χ4n) is 3.94. The molecule has 2 aromatic rings. The summed E-state index contributed by atoms with van der Waals surface area (Å²) in [5.41, 5.74) is 4.01. The van der Waals surface area contributed by atoms with Gasteiger partial charge in [0.05, 0.1) is 18.2 Å². The number of aryl methyl sites for hydroxylation is 1. The maximum atomic E-state index is 12.4. The van der Waals surface area contributed by atoms with Crippen LogP contribution in [0.5, 0.6) is 5.75 Å². The summed E-state index contributed by atoms with van der Waals surface area (Å²) in [5.74, 6) is -0.195. The maximum absolute atomic E-state index is 12.4. The summed E-state index contributed by atoms with van der Waals surface area (Å²) in [7, 11) is -3.72. The van der Waals surface area contributed by atoms with Gasteiger partial charge in [0.25, 0.3) is 11.8 Å². The molecule has 1 aliphatic carbocycles. The van der Waals surface area contributed by atoms with Gasteiger partial charge in [-0.2, -0.15) is 5.10 Å². The molecule has 0 spiro atoms. The van der Waals surface area contributed by atoms with E-state index in [1.165, 1.54) is 12.6 Å². The first-order chi connectivity index (χ1) is 17.1. The van der Waals surface area contributed by atoms with Crippen LogP contribution in [0.2, 0.25) is 5.02 Å². The number of anilines is 1. The molecule has 2 N–H and O–H groups in total. The Hall–Kier alpha value is -3.11. The number of nitrogens with zero attached hydrogens (tertiary/aromatic N) is 2. The second kappa shape index (κ2) is 12.7. The SMILES string of the molecule is Cc1cc(Cl)ccc1N(CC(=O)N/N=C\c1ccc(OCC(=O)NC2CCCCC2)cc1)S(C)(=O)=O. The van der Waals surface area contributed by atoms with Gasteiger partial charge in [0.1, 0.15) is 12.3 Å². The molecule has 0 atom stereocenters. The van der Waals surface area contributed by atoms with Gasteiger partial charge in [-0.3, -0.25) is 13.9 Å². The minimum atomic E-state index is -3.72. The Bertz CT molecular complexity index is 1200. The zero-order valence-electron chi connectivity index (χ0n) is 20.4. The van der Waals surface area contributed by atoms with Crippen molar-refractivity contribution in [2.24, 2.45) is 5.10 Å². The van der Waals surface area contributed by atoms with Crippen molar-refractivity contribution in [2.45, 2.75) is 45.1 Å². The minimum Gasteiger partial charge on any atom is -0.484 e. The maximum Gasteiger partial charge on any atom is 0.260 e. The predicted molar refractivity (Wildman–Crippen MR) is 141 cm³/mol. The lowest BCUT2D eigenvalue weighted by Crippen LogP contribution is -2.39. The highest BCUT2D eigenvalue weighted by atomic mass is 35.5. The quantitative estimate of drug-likeness (QED) is 0.358. The Morgan fingerprint density at radius 2 is 1.81 bits per heavy atom. The number of halogens is 1. The van der Waals surface area contributed by atoms with Gasteiger partial charge in [-0.25, -0.2) is 13.8 Å². The number of benzene rings is 2. The highest BCUT2D eigenvalue weighted by molar-refractivity contribution is 7.92. The molecule has 11 heteroatoms.